The molecule has 212 valence electrons. The van der Waals surface area contributed by atoms with Crippen LogP contribution in [-0.2, 0) is 9.53 Å². The lowest BCUT2D eigenvalue weighted by Gasteiger charge is -2.39. The van der Waals surface area contributed by atoms with Crippen molar-refractivity contribution >= 4 is 28.2 Å². The Labute approximate surface area is 205 Å². The van der Waals surface area contributed by atoms with Crippen molar-refractivity contribution in [1.82, 2.24) is 0 Å². The smallest absolute Gasteiger partial charge is 0.460 e. The summed E-state index contributed by atoms with van der Waals surface area (Å²) in [5, 5.41) is 0.580. The zero-order valence-electron chi connectivity index (χ0n) is 17.8. The monoisotopic (exact) mass is 597 g/mol. The molecule has 1 aromatic carbocycles. The minimum atomic E-state index is -8.18. The van der Waals surface area contributed by atoms with E-state index >= 15 is 0 Å². The molecule has 4 nitrogen and oxygen atoms in total. The van der Waals surface area contributed by atoms with Crippen molar-refractivity contribution in [3.8, 4) is 11.1 Å². The first-order valence-electron chi connectivity index (χ1n) is 9.22. The van der Waals surface area contributed by atoms with E-state index < -0.39 is 64.0 Å². The number of methoxy groups -OCH3 is 1. The minimum absolute atomic E-state index is 0.0683. The first-order valence-corrected chi connectivity index (χ1v) is 10.1. The summed E-state index contributed by atoms with van der Waals surface area (Å²) in [5.41, 5.74) is -1.30. The summed E-state index contributed by atoms with van der Waals surface area (Å²) in [6.45, 7) is 0. The number of halogens is 14. The Morgan fingerprint density at radius 1 is 0.763 bits per heavy atom. The average Bonchev–Trinajstić information content (AvgIpc) is 3.21. The number of benzene rings is 1. The number of nitrogens with one attached hydrogen (secondary N) is 1. The molecular formula is C19H9F14NO3S. The summed E-state index contributed by atoms with van der Waals surface area (Å²) in [6.07, 6.45) is -7.60. The van der Waals surface area contributed by atoms with Gasteiger partial charge in [0.2, 0.25) is 0 Å². The average molecular weight is 597 g/mol. The summed E-state index contributed by atoms with van der Waals surface area (Å²) < 4.78 is 190. The number of hydrogen-bond acceptors (Lipinski definition) is 4. The van der Waals surface area contributed by atoms with E-state index in [1.54, 1.807) is 0 Å². The third-order valence-electron chi connectivity index (χ3n) is 4.78. The van der Waals surface area contributed by atoms with Gasteiger partial charge < -0.3 is 10.1 Å². The highest BCUT2D eigenvalue weighted by Crippen LogP contribution is 2.60. The second kappa shape index (κ2) is 9.57. The second-order valence-corrected chi connectivity index (χ2v) is 8.06. The number of anilines is 1. The fraction of sp³-hybridized carbons (Fsp3) is 0.368. The summed E-state index contributed by atoms with van der Waals surface area (Å²) in [7, 11) is 0.701. The molecule has 0 atom stereocenters. The van der Waals surface area contributed by atoms with Crippen LogP contribution in [0.1, 0.15) is 10.4 Å². The Bertz CT molecular complexity index is 1200. The van der Waals surface area contributed by atoms with Gasteiger partial charge in [-0.2, -0.15) is 57.1 Å². The van der Waals surface area contributed by atoms with Gasteiger partial charge in [-0.1, -0.05) is 12.1 Å². The van der Waals surface area contributed by atoms with Crippen molar-refractivity contribution in [3.05, 3.63) is 41.0 Å². The molecule has 1 N–H and O–H groups in total. The molecule has 1 aromatic heterocycles. The lowest BCUT2D eigenvalue weighted by Crippen LogP contribution is -2.71. The second-order valence-electron chi connectivity index (χ2n) is 7.18. The Morgan fingerprint density at radius 3 is 1.68 bits per heavy atom. The Balaban J connectivity index is 2.54. The minimum Gasteiger partial charge on any atom is -0.465 e. The van der Waals surface area contributed by atoms with E-state index in [4.69, 9.17) is 0 Å². The molecule has 0 radical (unpaired) electrons. The van der Waals surface area contributed by atoms with Crippen LogP contribution >= 0.6 is 11.3 Å². The van der Waals surface area contributed by atoms with Crippen molar-refractivity contribution < 1.29 is 75.8 Å². The normalized spacial score (nSPS) is 13.9. The van der Waals surface area contributed by atoms with Gasteiger partial charge in [-0.3, -0.25) is 4.79 Å². The van der Waals surface area contributed by atoms with Gasteiger partial charge in [0.25, 0.3) is 0 Å². The van der Waals surface area contributed by atoms with Gasteiger partial charge in [0.15, 0.2) is 0 Å². The van der Waals surface area contributed by atoms with Crippen LogP contribution in [0, 0.1) is 5.82 Å². The molecule has 2 rings (SSSR count). The number of amides is 1. The summed E-state index contributed by atoms with van der Waals surface area (Å²) in [6, 6.07) is 3.67. The molecule has 0 aliphatic heterocycles. The summed E-state index contributed by atoms with van der Waals surface area (Å²) in [4.78, 5) is 23.9. The van der Waals surface area contributed by atoms with Gasteiger partial charge in [-0.05, 0) is 17.7 Å². The fourth-order valence-corrected chi connectivity index (χ4v) is 3.64. The zero-order chi connectivity index (χ0) is 29.7. The fourth-order valence-electron chi connectivity index (χ4n) is 2.69. The first-order chi connectivity index (χ1) is 17.0. The van der Waals surface area contributed by atoms with E-state index in [9.17, 15) is 71.1 Å². The largest absolute Gasteiger partial charge is 0.465 e. The van der Waals surface area contributed by atoms with Crippen molar-refractivity contribution in [2.24, 2.45) is 0 Å². The number of rotatable bonds is 8. The molecule has 19 heteroatoms. The summed E-state index contributed by atoms with van der Waals surface area (Å²) >= 11 is 0.0855. The lowest BCUT2D eigenvalue weighted by molar-refractivity contribution is -0.435. The number of hydrogen-bond donors (Lipinski definition) is 1. The van der Waals surface area contributed by atoms with Gasteiger partial charge in [-0.25, -0.2) is 9.18 Å². The standard InChI is InChI=1S/C19H9F14NO3S/c1-37-12(35)10-9(7-2-4-8(20)5-3-7)6-38-11(10)34-13(36)14(21,22)15(23,24)16(25,26)17(27,28)18(29,30)19(31,32)33/h2-6H,1H3,(H,34,36). The van der Waals surface area contributed by atoms with Gasteiger partial charge in [0.05, 0.1) is 7.11 Å². The lowest BCUT2D eigenvalue weighted by atomic mass is 9.93. The van der Waals surface area contributed by atoms with Crippen molar-refractivity contribution in [2.45, 2.75) is 35.8 Å². The molecule has 0 aliphatic carbocycles. The highest BCUT2D eigenvalue weighted by molar-refractivity contribution is 7.15. The van der Waals surface area contributed by atoms with Crippen LogP contribution in [-0.4, -0.2) is 54.8 Å². The number of carbonyl (C=O) groups is 2. The maximum Gasteiger partial charge on any atom is 0.460 e. The molecule has 0 bridgehead atoms. The molecule has 38 heavy (non-hydrogen) atoms. The quantitative estimate of drug-likeness (QED) is 0.263. The van der Waals surface area contributed by atoms with Crippen LogP contribution in [0.5, 0.6) is 0 Å². The number of esters is 1. The molecule has 1 heterocycles. The van der Waals surface area contributed by atoms with E-state index in [0.29, 0.717) is 7.11 Å². The summed E-state index contributed by atoms with van der Waals surface area (Å²) in [5.74, 6) is -45.1. The third kappa shape index (κ3) is 4.64. The third-order valence-corrected chi connectivity index (χ3v) is 5.68. The van der Waals surface area contributed by atoms with E-state index in [1.807, 2.05) is 0 Å². The van der Waals surface area contributed by atoms with Crippen LogP contribution in [0.15, 0.2) is 29.6 Å². The van der Waals surface area contributed by atoms with Gasteiger partial charge in [0, 0.05) is 10.9 Å². The van der Waals surface area contributed by atoms with Crippen LogP contribution in [0.3, 0.4) is 0 Å². The maximum atomic E-state index is 14.1. The molecule has 0 spiro atoms. The van der Waals surface area contributed by atoms with E-state index in [0.717, 1.165) is 35.0 Å². The molecule has 0 fully saturated rings. The Kier molecular flexibility index (Phi) is 7.83. The Hall–Kier alpha value is -3.12. The molecule has 0 saturated carbocycles. The highest BCUT2D eigenvalue weighted by Gasteiger charge is 2.91. The van der Waals surface area contributed by atoms with E-state index in [1.165, 1.54) is 0 Å². The van der Waals surface area contributed by atoms with E-state index in [-0.39, 0.29) is 22.5 Å². The van der Waals surface area contributed by atoms with Gasteiger partial charge >= 0.3 is 47.7 Å². The number of thiophene rings is 1. The predicted octanol–water partition coefficient (Wildman–Crippen LogP) is 7.02. The molecular weight excluding hydrogens is 588 g/mol. The topological polar surface area (TPSA) is 55.4 Å². The van der Waals surface area contributed by atoms with Crippen LogP contribution in [0.4, 0.5) is 66.5 Å². The Morgan fingerprint density at radius 2 is 1.24 bits per heavy atom. The van der Waals surface area contributed by atoms with Crippen LogP contribution in [0.25, 0.3) is 11.1 Å². The van der Waals surface area contributed by atoms with Gasteiger partial charge in [0.1, 0.15) is 16.4 Å². The van der Waals surface area contributed by atoms with Crippen molar-refractivity contribution in [1.29, 1.82) is 0 Å². The van der Waals surface area contributed by atoms with Gasteiger partial charge in [-0.15, -0.1) is 11.3 Å². The van der Waals surface area contributed by atoms with E-state index in [2.05, 4.69) is 4.74 Å². The maximum absolute atomic E-state index is 14.1. The van der Waals surface area contributed by atoms with Crippen molar-refractivity contribution in [3.63, 3.8) is 0 Å². The number of alkyl halides is 13. The zero-order valence-corrected chi connectivity index (χ0v) is 18.6. The first kappa shape index (κ1) is 31.1. The SMILES string of the molecule is COC(=O)c1c(-c2ccc(F)cc2)csc1NC(=O)C(F)(F)C(F)(F)C(F)(F)C(F)(F)C(F)(F)C(F)(F)F. The highest BCUT2D eigenvalue weighted by atomic mass is 32.1. The molecule has 2 aromatic rings. The van der Waals surface area contributed by atoms with Crippen LogP contribution < -0.4 is 5.32 Å². The van der Waals surface area contributed by atoms with Crippen molar-refractivity contribution in [2.75, 3.05) is 12.4 Å². The predicted molar refractivity (Wildman–Crippen MR) is 100 cm³/mol. The molecule has 0 aliphatic rings. The van der Waals surface area contributed by atoms with Crippen LogP contribution in [0.2, 0.25) is 0 Å². The molecule has 1 amide bonds. The number of carbonyl (C=O) groups excluding carboxylic acids is 2. The molecule has 0 saturated heterocycles. The molecule has 0 unspecified atom stereocenters. The number of ether oxygens (including phenoxy) is 1.